The van der Waals surface area contributed by atoms with Crippen LogP contribution in [0.25, 0.3) is 0 Å². The Morgan fingerprint density at radius 2 is 0.929 bits per heavy atom. The summed E-state index contributed by atoms with van der Waals surface area (Å²) in [6, 6.07) is 20.1. The van der Waals surface area contributed by atoms with Gasteiger partial charge in [0, 0.05) is 33.9 Å². The molecule has 0 fully saturated rings. The normalized spacial score (nSPS) is 9.43. The van der Waals surface area contributed by atoms with Crippen LogP contribution in [0.15, 0.2) is 72.8 Å². The number of benzene rings is 3. The molecule has 0 saturated carbocycles. The molecule has 0 saturated heterocycles. The average molecular weight is 517 g/mol. The molecule has 0 aliphatic carbocycles. The van der Waals surface area contributed by atoms with Gasteiger partial charge in [0.2, 0.25) is 0 Å². The van der Waals surface area contributed by atoms with E-state index in [2.05, 4.69) is 10.6 Å². The van der Waals surface area contributed by atoms with E-state index >= 15 is 0 Å². The van der Waals surface area contributed by atoms with Crippen LogP contribution in [-0.4, -0.2) is 11.9 Å². The summed E-state index contributed by atoms with van der Waals surface area (Å²) in [5.74, 6) is -2.85. The third-order valence-corrected chi connectivity index (χ3v) is 3.70. The molecule has 3 aromatic rings. The Morgan fingerprint density at radius 1 is 0.607 bits per heavy atom. The maximum Gasteiger partial charge on any atom is 1.00 e. The van der Waals surface area contributed by atoms with E-state index in [1.807, 2.05) is 12.1 Å². The van der Waals surface area contributed by atoms with Crippen LogP contribution in [0.5, 0.6) is 0 Å². The van der Waals surface area contributed by atoms with E-state index in [0.29, 0.717) is 11.4 Å². The predicted octanol–water partition coefficient (Wildman–Crippen LogP) is -4.09. The van der Waals surface area contributed by atoms with Gasteiger partial charge >= 0.3 is 116 Å². The molecule has 8 heteroatoms. The second-order valence-electron chi connectivity index (χ2n) is 5.50. The van der Waals surface area contributed by atoms with Gasteiger partial charge in [-0.1, -0.05) is 36.4 Å². The second kappa shape index (κ2) is 12.5. The Labute approximate surface area is 260 Å². The first-order valence-corrected chi connectivity index (χ1v) is 7.79. The van der Waals surface area contributed by atoms with Gasteiger partial charge in [-0.15, -0.1) is 0 Å². The van der Waals surface area contributed by atoms with E-state index < -0.39 is 11.9 Å². The summed E-state index contributed by atoms with van der Waals surface area (Å²) >= 11 is 0. The van der Waals surface area contributed by atoms with Crippen LogP contribution in [0.1, 0.15) is 20.7 Å². The summed E-state index contributed by atoms with van der Waals surface area (Å²) in [7, 11) is 0. The molecule has 0 bridgehead atoms. The van der Waals surface area contributed by atoms with Crippen molar-refractivity contribution in [3.05, 3.63) is 83.9 Å². The van der Waals surface area contributed by atoms with Crippen molar-refractivity contribution in [3.8, 4) is 0 Å². The topological polar surface area (TPSA) is 104 Å². The standard InChI is InChI=1S/C20H16N2O4.2Rb/c23-19(24)15-12-18(22-14-9-5-2-6-10-14)16(20(25)26)11-17(15)21-13-7-3-1-4-8-13;;/h1-12,21-22H,(H,23,24)(H,25,26);;/q;2*+1/p-2. The van der Waals surface area contributed by atoms with Crippen LogP contribution in [0.4, 0.5) is 22.7 Å². The van der Waals surface area contributed by atoms with Crippen LogP contribution in [0, 0.1) is 0 Å². The maximum absolute atomic E-state index is 11.6. The molecule has 6 nitrogen and oxygen atoms in total. The first kappa shape index (κ1) is 25.8. The number of carboxylic acid groups (broad SMARTS) is 2. The molecule has 0 aliphatic heterocycles. The van der Waals surface area contributed by atoms with Crippen molar-refractivity contribution < 1.29 is 136 Å². The first-order valence-electron chi connectivity index (χ1n) is 7.79. The van der Waals surface area contributed by atoms with Crippen molar-refractivity contribution in [2.45, 2.75) is 0 Å². The Bertz CT molecular complexity index is 872. The van der Waals surface area contributed by atoms with E-state index in [-0.39, 0.29) is 139 Å². The number of carboxylic acids is 2. The van der Waals surface area contributed by atoms with Crippen LogP contribution >= 0.6 is 0 Å². The molecule has 130 valence electrons. The maximum atomic E-state index is 11.6. The van der Waals surface area contributed by atoms with Gasteiger partial charge in [-0.05, 0) is 36.4 Å². The number of anilines is 4. The molecule has 0 spiro atoms. The molecule has 2 N–H and O–H groups in total. The molecule has 0 aliphatic rings. The van der Waals surface area contributed by atoms with E-state index in [4.69, 9.17) is 0 Å². The summed E-state index contributed by atoms with van der Waals surface area (Å²) in [4.78, 5) is 23.1. The second-order valence-corrected chi connectivity index (χ2v) is 5.50. The Kier molecular flexibility index (Phi) is 11.5. The van der Waals surface area contributed by atoms with Crippen molar-refractivity contribution in [1.82, 2.24) is 0 Å². The number of carbonyl (C=O) groups excluding carboxylic acids is 2. The van der Waals surface area contributed by atoms with E-state index in [1.54, 1.807) is 48.5 Å². The quantitative estimate of drug-likeness (QED) is 0.345. The van der Waals surface area contributed by atoms with Gasteiger partial charge in [0.25, 0.3) is 0 Å². The minimum Gasteiger partial charge on any atom is -0.545 e. The molecule has 0 unspecified atom stereocenters. The number of carbonyl (C=O) groups is 2. The minimum atomic E-state index is -1.43. The molecule has 0 heterocycles. The van der Waals surface area contributed by atoms with Crippen molar-refractivity contribution in [2.75, 3.05) is 10.6 Å². The van der Waals surface area contributed by atoms with Crippen molar-refractivity contribution >= 4 is 34.7 Å². The third-order valence-electron chi connectivity index (χ3n) is 3.70. The van der Waals surface area contributed by atoms with Gasteiger partial charge < -0.3 is 30.4 Å². The largest absolute Gasteiger partial charge is 1.00 e. The number of rotatable bonds is 6. The van der Waals surface area contributed by atoms with Crippen molar-refractivity contribution in [1.29, 1.82) is 0 Å². The van der Waals surface area contributed by atoms with E-state index in [0.717, 1.165) is 0 Å². The fraction of sp³-hybridized carbons (Fsp3) is 0. The Hall–Kier alpha value is -0.190. The summed E-state index contributed by atoms with van der Waals surface area (Å²) in [5.41, 5.74) is 1.10. The van der Waals surface area contributed by atoms with Gasteiger partial charge in [0.1, 0.15) is 0 Å². The third kappa shape index (κ3) is 6.95. The fourth-order valence-corrected chi connectivity index (χ4v) is 2.50. The molecule has 0 radical (unpaired) electrons. The summed E-state index contributed by atoms with van der Waals surface area (Å²) in [6.45, 7) is 0. The van der Waals surface area contributed by atoms with Gasteiger partial charge in [-0.2, -0.15) is 0 Å². The number of para-hydroxylation sites is 2. The molecular formula is C20H14N2O4Rb2. The van der Waals surface area contributed by atoms with E-state index in [9.17, 15) is 19.8 Å². The van der Waals surface area contributed by atoms with Gasteiger partial charge in [-0.25, -0.2) is 0 Å². The smallest absolute Gasteiger partial charge is 0.545 e. The molecule has 3 aromatic carbocycles. The minimum absolute atomic E-state index is 0. The van der Waals surface area contributed by atoms with Gasteiger partial charge in [0.05, 0.1) is 11.9 Å². The monoisotopic (exact) mass is 516 g/mol. The van der Waals surface area contributed by atoms with E-state index in [1.165, 1.54) is 12.1 Å². The van der Waals surface area contributed by atoms with Crippen LogP contribution < -0.4 is 137 Å². The number of hydrogen-bond acceptors (Lipinski definition) is 6. The van der Waals surface area contributed by atoms with Crippen molar-refractivity contribution in [3.63, 3.8) is 0 Å². The SMILES string of the molecule is O=C([O-])c1cc(Nc2ccccc2)c(C(=O)[O-])cc1Nc1ccccc1.[Rb+].[Rb+]. The molecular weight excluding hydrogens is 503 g/mol. The molecule has 0 aromatic heterocycles. The van der Waals surface area contributed by atoms with Crippen LogP contribution in [-0.2, 0) is 0 Å². The fourth-order valence-electron chi connectivity index (χ4n) is 2.50. The zero-order chi connectivity index (χ0) is 18.5. The zero-order valence-corrected chi connectivity index (χ0v) is 25.4. The Balaban J connectivity index is 0.00000196. The molecule has 28 heavy (non-hydrogen) atoms. The average Bonchev–Trinajstić information content (AvgIpc) is 2.64. The summed E-state index contributed by atoms with van der Waals surface area (Å²) < 4.78 is 0. The molecule has 0 atom stereocenters. The van der Waals surface area contributed by atoms with Crippen LogP contribution in [0.2, 0.25) is 0 Å². The van der Waals surface area contributed by atoms with Crippen LogP contribution in [0.3, 0.4) is 0 Å². The zero-order valence-electron chi connectivity index (χ0n) is 15.6. The first-order chi connectivity index (χ1) is 12.5. The predicted molar refractivity (Wildman–Crippen MR) is 94.6 cm³/mol. The molecule has 3 rings (SSSR count). The number of hydrogen-bond donors (Lipinski definition) is 2. The Morgan fingerprint density at radius 3 is 1.21 bits per heavy atom. The van der Waals surface area contributed by atoms with Gasteiger partial charge in [0.15, 0.2) is 0 Å². The summed E-state index contributed by atoms with van der Waals surface area (Å²) in [5, 5.41) is 28.9. The summed E-state index contributed by atoms with van der Waals surface area (Å²) in [6.07, 6.45) is 0. The van der Waals surface area contributed by atoms with Crippen molar-refractivity contribution in [2.24, 2.45) is 0 Å². The molecule has 0 amide bonds. The number of aromatic carboxylic acids is 2. The van der Waals surface area contributed by atoms with Gasteiger partial charge in [-0.3, -0.25) is 0 Å². The number of nitrogens with one attached hydrogen (secondary N) is 2.